The number of pyridine rings is 1. The Bertz CT molecular complexity index is 842. The molecule has 0 saturated carbocycles. The van der Waals surface area contributed by atoms with Gasteiger partial charge in [0.1, 0.15) is 11.5 Å². The van der Waals surface area contributed by atoms with E-state index in [0.29, 0.717) is 18.2 Å². The van der Waals surface area contributed by atoms with Crippen LogP contribution in [0.1, 0.15) is 30.2 Å². The number of carbonyl (C=O) groups is 1. The maximum absolute atomic E-state index is 12.5. The molecule has 0 aliphatic carbocycles. The number of nitrogens with one attached hydrogen (secondary N) is 1. The van der Waals surface area contributed by atoms with Crippen molar-refractivity contribution in [2.24, 2.45) is 5.92 Å². The lowest BCUT2D eigenvalue weighted by molar-refractivity contribution is 0.102. The topological polar surface area (TPSA) is 111 Å². The smallest absolute Gasteiger partial charge is 0.357 e. The fraction of sp³-hybridized carbons (Fsp3) is 0.286. The van der Waals surface area contributed by atoms with E-state index in [1.165, 1.54) is 18.5 Å². The molecule has 2 aromatic heterocycles. The van der Waals surface area contributed by atoms with Crippen molar-refractivity contribution in [3.63, 3.8) is 0 Å². The molecule has 0 atom stereocenters. The average molecular weight is 354 g/mol. The number of hydrogen-bond acceptors (Lipinski definition) is 7. The van der Waals surface area contributed by atoms with Crippen molar-refractivity contribution in [3.05, 3.63) is 42.2 Å². The highest BCUT2D eigenvalue weighted by molar-refractivity contribution is 7.81. The third-order valence-corrected chi connectivity index (χ3v) is 3.09. The van der Waals surface area contributed by atoms with Crippen LogP contribution in [0, 0.1) is 5.92 Å². The summed E-state index contributed by atoms with van der Waals surface area (Å²) in [7, 11) is -5.17. The minimum absolute atomic E-state index is 0.130. The van der Waals surface area contributed by atoms with Gasteiger partial charge >= 0.3 is 10.5 Å². The van der Waals surface area contributed by atoms with Crippen molar-refractivity contribution in [1.29, 1.82) is 0 Å². The molecule has 2 aromatic rings. The first-order valence-corrected chi connectivity index (χ1v) is 8.26. The lowest BCUT2D eigenvalue weighted by Crippen LogP contribution is -2.16. The number of anilines is 1. The van der Waals surface area contributed by atoms with Crippen LogP contribution in [0.25, 0.3) is 0 Å². The second-order valence-corrected chi connectivity index (χ2v) is 6.25. The van der Waals surface area contributed by atoms with Crippen molar-refractivity contribution in [1.82, 2.24) is 15.0 Å². The molecule has 0 unspecified atom stereocenters. The maximum Gasteiger partial charge on any atom is 0.488 e. The zero-order valence-corrected chi connectivity index (χ0v) is 13.7. The molecule has 24 heavy (non-hydrogen) atoms. The van der Waals surface area contributed by atoms with Gasteiger partial charge in [0.25, 0.3) is 5.91 Å². The van der Waals surface area contributed by atoms with Crippen LogP contribution < -0.4 is 9.50 Å². The molecule has 2 rings (SSSR count). The van der Waals surface area contributed by atoms with Crippen molar-refractivity contribution in [2.45, 2.75) is 20.3 Å². The van der Waals surface area contributed by atoms with E-state index in [2.05, 4.69) is 24.5 Å². The zero-order chi connectivity index (χ0) is 17.7. The van der Waals surface area contributed by atoms with Gasteiger partial charge in [0, 0.05) is 18.7 Å². The molecule has 10 heteroatoms. The van der Waals surface area contributed by atoms with E-state index >= 15 is 0 Å². The summed E-state index contributed by atoms with van der Waals surface area (Å²) in [5.74, 6) is -0.0247. The lowest BCUT2D eigenvalue weighted by Gasteiger charge is -2.07. The van der Waals surface area contributed by atoms with Crippen LogP contribution >= 0.6 is 0 Å². The number of carbonyl (C=O) groups excluding carboxylic acids is 1. The van der Waals surface area contributed by atoms with E-state index in [0.717, 1.165) is 12.3 Å². The fourth-order valence-corrected chi connectivity index (χ4v) is 2.15. The Morgan fingerprint density at radius 1 is 1.38 bits per heavy atom. The largest absolute Gasteiger partial charge is 0.488 e. The molecule has 0 aromatic carbocycles. The normalized spacial score (nSPS) is 11.3. The Morgan fingerprint density at radius 2 is 2.12 bits per heavy atom. The van der Waals surface area contributed by atoms with Crippen LogP contribution in [0.4, 0.5) is 9.57 Å². The van der Waals surface area contributed by atoms with Crippen LogP contribution in [0.5, 0.6) is 5.75 Å². The third-order valence-electron chi connectivity index (χ3n) is 2.70. The minimum atomic E-state index is -5.17. The molecule has 0 aliphatic heterocycles. The van der Waals surface area contributed by atoms with Crippen LogP contribution in [-0.4, -0.2) is 29.3 Å². The zero-order valence-electron chi connectivity index (χ0n) is 12.9. The second-order valence-electron chi connectivity index (χ2n) is 5.30. The van der Waals surface area contributed by atoms with Gasteiger partial charge in [0.15, 0.2) is 5.75 Å². The average Bonchev–Trinajstić information content (AvgIpc) is 2.45. The standard InChI is InChI=1S/C14H15FN4O4S/c1-9(2)5-13-17-4-3-12(19-13)14(20)18-10-6-11(8-16-7-10)23-24(15,21)22/h3-4,6-9H,5H2,1-2H3,(H,18,20). The van der Waals surface area contributed by atoms with Gasteiger partial charge < -0.3 is 9.50 Å². The van der Waals surface area contributed by atoms with Crippen molar-refractivity contribution in [3.8, 4) is 5.75 Å². The molecule has 0 spiro atoms. The van der Waals surface area contributed by atoms with E-state index in [9.17, 15) is 17.1 Å². The van der Waals surface area contributed by atoms with Gasteiger partial charge in [-0.05, 0) is 12.0 Å². The summed E-state index contributed by atoms with van der Waals surface area (Å²) in [6.07, 6.45) is 4.36. The quantitative estimate of drug-likeness (QED) is 0.789. The first-order valence-electron chi connectivity index (χ1n) is 6.95. The highest BCUT2D eigenvalue weighted by atomic mass is 32.3. The molecule has 0 radical (unpaired) electrons. The fourth-order valence-electron chi connectivity index (χ4n) is 1.83. The van der Waals surface area contributed by atoms with E-state index in [4.69, 9.17) is 0 Å². The predicted octanol–water partition coefficient (Wildman–Crippen LogP) is 1.92. The molecule has 2 heterocycles. The Kier molecular flexibility index (Phi) is 5.39. The number of nitrogens with zero attached hydrogens (tertiary/aromatic N) is 3. The number of aromatic nitrogens is 3. The molecule has 8 nitrogen and oxygen atoms in total. The molecule has 1 amide bonds. The van der Waals surface area contributed by atoms with Crippen LogP contribution in [0.15, 0.2) is 30.7 Å². The summed E-state index contributed by atoms with van der Waals surface area (Å²) in [4.78, 5) is 24.1. The van der Waals surface area contributed by atoms with Crippen molar-refractivity contribution in [2.75, 3.05) is 5.32 Å². The lowest BCUT2D eigenvalue weighted by atomic mass is 10.1. The summed E-state index contributed by atoms with van der Waals surface area (Å²) >= 11 is 0. The van der Waals surface area contributed by atoms with Crippen LogP contribution in [0.2, 0.25) is 0 Å². The van der Waals surface area contributed by atoms with Gasteiger partial charge in [-0.15, -0.1) is 0 Å². The molecule has 128 valence electrons. The Hall–Kier alpha value is -2.62. The highest BCUT2D eigenvalue weighted by Crippen LogP contribution is 2.18. The van der Waals surface area contributed by atoms with Gasteiger partial charge in [-0.25, -0.2) is 9.97 Å². The molecule has 0 bridgehead atoms. The number of amides is 1. The Labute approximate surface area is 138 Å². The molecular formula is C14H15FN4O4S. The van der Waals surface area contributed by atoms with Gasteiger partial charge in [0.2, 0.25) is 0 Å². The minimum Gasteiger partial charge on any atom is -0.357 e. The van der Waals surface area contributed by atoms with E-state index < -0.39 is 16.4 Å². The first-order chi connectivity index (χ1) is 11.2. The van der Waals surface area contributed by atoms with Gasteiger partial charge in [0.05, 0.1) is 18.1 Å². The van der Waals surface area contributed by atoms with Gasteiger partial charge in [-0.3, -0.25) is 9.78 Å². The van der Waals surface area contributed by atoms with E-state index in [1.807, 2.05) is 13.8 Å². The molecule has 1 N–H and O–H groups in total. The van der Waals surface area contributed by atoms with Gasteiger partial charge in [-0.1, -0.05) is 17.7 Å². The summed E-state index contributed by atoms with van der Waals surface area (Å²) in [5.41, 5.74) is 0.273. The third kappa shape index (κ3) is 5.54. The Balaban J connectivity index is 2.13. The monoisotopic (exact) mass is 354 g/mol. The summed E-state index contributed by atoms with van der Waals surface area (Å²) in [5, 5.41) is 2.48. The second kappa shape index (κ2) is 7.30. The summed E-state index contributed by atoms with van der Waals surface area (Å²) < 4.78 is 37.5. The van der Waals surface area contributed by atoms with Crippen LogP contribution in [-0.2, 0) is 16.9 Å². The molecule has 0 saturated heterocycles. The number of rotatable bonds is 6. The molecular weight excluding hydrogens is 339 g/mol. The predicted molar refractivity (Wildman–Crippen MR) is 83.4 cm³/mol. The summed E-state index contributed by atoms with van der Waals surface area (Å²) in [6.45, 7) is 4.01. The van der Waals surface area contributed by atoms with E-state index in [1.54, 1.807) is 0 Å². The van der Waals surface area contributed by atoms with Crippen LogP contribution in [0.3, 0.4) is 0 Å². The number of halogens is 1. The van der Waals surface area contributed by atoms with Crippen molar-refractivity contribution < 1.29 is 21.3 Å². The SMILES string of the molecule is CC(C)Cc1nccc(C(=O)Nc2cncc(OS(=O)(=O)F)c2)n1. The molecule has 0 fully saturated rings. The molecule has 0 aliphatic rings. The maximum atomic E-state index is 12.5. The first kappa shape index (κ1) is 17.7. The highest BCUT2D eigenvalue weighted by Gasteiger charge is 2.13. The Morgan fingerprint density at radius 3 is 2.79 bits per heavy atom. The van der Waals surface area contributed by atoms with Crippen molar-refractivity contribution >= 4 is 22.1 Å². The number of hydrogen-bond donors (Lipinski definition) is 1. The van der Waals surface area contributed by atoms with Gasteiger partial charge in [-0.2, -0.15) is 8.42 Å². The van der Waals surface area contributed by atoms with E-state index in [-0.39, 0.29) is 17.1 Å². The summed E-state index contributed by atoms with van der Waals surface area (Å²) in [6, 6.07) is 2.57.